The minimum atomic E-state index is -0.794. The van der Waals surface area contributed by atoms with Crippen molar-refractivity contribution in [2.45, 2.75) is 32.3 Å². The highest BCUT2D eigenvalue weighted by molar-refractivity contribution is 6.01. The molecule has 1 aliphatic rings. The largest absolute Gasteiger partial charge is 0.451 e. The normalized spacial score (nSPS) is 14.4. The third-order valence-corrected chi connectivity index (χ3v) is 4.26. The van der Waals surface area contributed by atoms with Crippen LogP contribution in [0.15, 0.2) is 54.6 Å². The van der Waals surface area contributed by atoms with E-state index in [0.29, 0.717) is 5.56 Å². The molecule has 0 bridgehead atoms. The van der Waals surface area contributed by atoms with Crippen LogP contribution in [-0.4, -0.2) is 17.9 Å². The van der Waals surface area contributed by atoms with E-state index in [1.165, 1.54) is 17.2 Å². The number of Topliss-reactive ketones (excluding diaryl/α,β-unsaturated/α-hetero) is 1. The fraction of sp³-hybridized carbons (Fsp3) is 0.238. The first-order chi connectivity index (χ1) is 11.6. The molecule has 3 nitrogen and oxygen atoms in total. The van der Waals surface area contributed by atoms with Crippen molar-refractivity contribution in [2.24, 2.45) is 0 Å². The SMILES string of the molecule is C[C@@H](OC(=O)/C=C/c1ccccc1)C(=O)c1ccc2c(c1)CCC2. The van der Waals surface area contributed by atoms with E-state index in [2.05, 4.69) is 0 Å². The molecule has 3 heteroatoms. The van der Waals surface area contributed by atoms with E-state index in [-0.39, 0.29) is 5.78 Å². The van der Waals surface area contributed by atoms with Crippen LogP contribution in [-0.2, 0) is 22.4 Å². The first-order valence-electron chi connectivity index (χ1n) is 8.23. The van der Waals surface area contributed by atoms with Gasteiger partial charge in [-0.05, 0) is 55.0 Å². The Kier molecular flexibility index (Phi) is 4.90. The number of rotatable bonds is 5. The Balaban J connectivity index is 1.61. The summed E-state index contributed by atoms with van der Waals surface area (Å²) >= 11 is 0. The molecule has 0 unspecified atom stereocenters. The van der Waals surface area contributed by atoms with Crippen LogP contribution >= 0.6 is 0 Å². The number of benzene rings is 2. The third-order valence-electron chi connectivity index (χ3n) is 4.26. The third kappa shape index (κ3) is 3.80. The van der Waals surface area contributed by atoms with Crippen LogP contribution in [0.3, 0.4) is 0 Å². The molecule has 122 valence electrons. The average Bonchev–Trinajstić information content (AvgIpc) is 3.07. The van der Waals surface area contributed by atoms with E-state index in [1.54, 1.807) is 13.0 Å². The summed E-state index contributed by atoms with van der Waals surface area (Å²) in [6.07, 6.45) is 5.47. The summed E-state index contributed by atoms with van der Waals surface area (Å²) in [6.45, 7) is 1.61. The molecule has 2 aromatic carbocycles. The summed E-state index contributed by atoms with van der Waals surface area (Å²) in [5.74, 6) is -0.674. The highest BCUT2D eigenvalue weighted by Gasteiger charge is 2.20. The van der Waals surface area contributed by atoms with Crippen molar-refractivity contribution in [3.05, 3.63) is 76.9 Å². The van der Waals surface area contributed by atoms with Gasteiger partial charge in [-0.1, -0.05) is 42.5 Å². The number of ketones is 1. The second kappa shape index (κ2) is 7.26. The number of ether oxygens (including phenoxy) is 1. The Morgan fingerprint density at radius 3 is 2.58 bits per heavy atom. The maximum Gasteiger partial charge on any atom is 0.331 e. The maximum absolute atomic E-state index is 12.5. The molecule has 0 aliphatic heterocycles. The lowest BCUT2D eigenvalue weighted by atomic mass is 10.0. The Bertz CT molecular complexity index is 775. The summed E-state index contributed by atoms with van der Waals surface area (Å²) in [5.41, 5.74) is 4.08. The van der Waals surface area contributed by atoms with Gasteiger partial charge < -0.3 is 4.74 Å². The Morgan fingerprint density at radius 2 is 1.79 bits per heavy atom. The van der Waals surface area contributed by atoms with Crippen molar-refractivity contribution < 1.29 is 14.3 Å². The number of carbonyl (C=O) groups excluding carboxylic acids is 2. The van der Waals surface area contributed by atoms with Gasteiger partial charge in [-0.15, -0.1) is 0 Å². The average molecular weight is 320 g/mol. The van der Waals surface area contributed by atoms with Gasteiger partial charge in [0, 0.05) is 11.6 Å². The topological polar surface area (TPSA) is 43.4 Å². The smallest absolute Gasteiger partial charge is 0.331 e. The summed E-state index contributed by atoms with van der Waals surface area (Å²) < 4.78 is 5.23. The van der Waals surface area contributed by atoms with Gasteiger partial charge in [-0.25, -0.2) is 4.79 Å². The van der Waals surface area contributed by atoms with Crippen LogP contribution in [0.1, 0.15) is 40.4 Å². The Hall–Kier alpha value is -2.68. The fourth-order valence-electron chi connectivity index (χ4n) is 2.96. The monoisotopic (exact) mass is 320 g/mol. The molecule has 1 aliphatic carbocycles. The summed E-state index contributed by atoms with van der Waals surface area (Å²) in [6, 6.07) is 15.3. The zero-order chi connectivity index (χ0) is 16.9. The fourth-order valence-corrected chi connectivity index (χ4v) is 2.96. The van der Waals surface area contributed by atoms with Crippen LogP contribution in [0.5, 0.6) is 0 Å². The lowest BCUT2D eigenvalue weighted by Gasteiger charge is -2.12. The van der Waals surface area contributed by atoms with Crippen molar-refractivity contribution in [2.75, 3.05) is 0 Å². The van der Waals surface area contributed by atoms with Gasteiger partial charge in [0.1, 0.15) is 0 Å². The van der Waals surface area contributed by atoms with Crippen LogP contribution < -0.4 is 0 Å². The van der Waals surface area contributed by atoms with Crippen LogP contribution in [0.2, 0.25) is 0 Å². The van der Waals surface area contributed by atoms with Crippen LogP contribution in [0.25, 0.3) is 6.08 Å². The molecule has 0 heterocycles. The van der Waals surface area contributed by atoms with Crippen molar-refractivity contribution in [1.29, 1.82) is 0 Å². The van der Waals surface area contributed by atoms with Gasteiger partial charge >= 0.3 is 5.97 Å². The van der Waals surface area contributed by atoms with E-state index in [0.717, 1.165) is 24.8 Å². The first kappa shape index (κ1) is 16.2. The standard InChI is InChI=1S/C21H20O3/c1-15(24-20(22)13-10-16-6-3-2-4-7-16)21(23)19-12-11-17-8-5-9-18(17)14-19/h2-4,6-7,10-15H,5,8-9H2,1H3/b13-10+/t15-/m1/s1. The number of hydrogen-bond acceptors (Lipinski definition) is 3. The molecule has 0 radical (unpaired) electrons. The molecule has 0 saturated heterocycles. The zero-order valence-electron chi connectivity index (χ0n) is 13.7. The highest BCUT2D eigenvalue weighted by atomic mass is 16.5. The quantitative estimate of drug-likeness (QED) is 0.475. The van der Waals surface area contributed by atoms with E-state index in [9.17, 15) is 9.59 Å². The van der Waals surface area contributed by atoms with Gasteiger partial charge in [0.2, 0.25) is 5.78 Å². The second-order valence-corrected chi connectivity index (χ2v) is 6.02. The van der Waals surface area contributed by atoms with Gasteiger partial charge in [0.05, 0.1) is 0 Å². The number of fused-ring (bicyclic) bond motifs is 1. The van der Waals surface area contributed by atoms with Gasteiger partial charge in [-0.3, -0.25) is 4.79 Å². The molecular formula is C21H20O3. The van der Waals surface area contributed by atoms with E-state index in [4.69, 9.17) is 4.74 Å². The predicted octanol–water partition coefficient (Wildman–Crippen LogP) is 4.00. The lowest BCUT2D eigenvalue weighted by Crippen LogP contribution is -2.23. The van der Waals surface area contributed by atoms with Gasteiger partial charge in [-0.2, -0.15) is 0 Å². The molecule has 2 aromatic rings. The van der Waals surface area contributed by atoms with Crippen molar-refractivity contribution in [3.8, 4) is 0 Å². The molecule has 0 spiro atoms. The summed E-state index contributed by atoms with van der Waals surface area (Å²) in [4.78, 5) is 24.3. The molecule has 0 N–H and O–H groups in total. The van der Waals surface area contributed by atoms with Crippen molar-refractivity contribution in [1.82, 2.24) is 0 Å². The number of hydrogen-bond donors (Lipinski definition) is 0. The molecule has 3 rings (SSSR count). The highest BCUT2D eigenvalue weighted by Crippen LogP contribution is 2.23. The van der Waals surface area contributed by atoms with Crippen molar-refractivity contribution >= 4 is 17.8 Å². The van der Waals surface area contributed by atoms with E-state index >= 15 is 0 Å². The molecule has 0 amide bonds. The van der Waals surface area contributed by atoms with Gasteiger partial charge in [0.15, 0.2) is 6.10 Å². The number of aryl methyl sites for hydroxylation is 2. The van der Waals surface area contributed by atoms with Crippen molar-refractivity contribution in [3.63, 3.8) is 0 Å². The van der Waals surface area contributed by atoms with Gasteiger partial charge in [0.25, 0.3) is 0 Å². The second-order valence-electron chi connectivity index (χ2n) is 6.02. The first-order valence-corrected chi connectivity index (χ1v) is 8.23. The molecule has 0 aromatic heterocycles. The Labute approximate surface area is 142 Å². The molecular weight excluding hydrogens is 300 g/mol. The number of carbonyl (C=O) groups is 2. The maximum atomic E-state index is 12.5. The lowest BCUT2D eigenvalue weighted by molar-refractivity contribution is -0.140. The predicted molar refractivity (Wildman–Crippen MR) is 93.8 cm³/mol. The molecule has 24 heavy (non-hydrogen) atoms. The zero-order valence-corrected chi connectivity index (χ0v) is 13.7. The molecule has 0 saturated carbocycles. The summed E-state index contributed by atoms with van der Waals surface area (Å²) in [7, 11) is 0. The Morgan fingerprint density at radius 1 is 1.04 bits per heavy atom. The number of esters is 1. The van der Waals surface area contributed by atoms with E-state index < -0.39 is 12.1 Å². The minimum absolute atomic E-state index is 0.161. The van der Waals surface area contributed by atoms with Crippen LogP contribution in [0.4, 0.5) is 0 Å². The van der Waals surface area contributed by atoms with E-state index in [1.807, 2.05) is 48.5 Å². The molecule has 1 atom stereocenters. The van der Waals surface area contributed by atoms with Crippen LogP contribution in [0, 0.1) is 0 Å². The molecule has 0 fully saturated rings. The minimum Gasteiger partial charge on any atom is -0.451 e. The summed E-state index contributed by atoms with van der Waals surface area (Å²) in [5, 5.41) is 0.